The van der Waals surface area contributed by atoms with E-state index in [1.54, 1.807) is 0 Å². The fraction of sp³-hybridized carbons (Fsp3) is 0.308. The number of anilines is 1. The van der Waals surface area contributed by atoms with Crippen LogP contribution in [-0.2, 0) is 0 Å². The molecule has 17 heavy (non-hydrogen) atoms. The van der Waals surface area contributed by atoms with Crippen LogP contribution in [0.25, 0.3) is 10.9 Å². The number of aromatic nitrogens is 1. The molecule has 0 atom stereocenters. The lowest BCUT2D eigenvalue weighted by atomic mass is 10.1. The number of aryl methyl sites for hydroxylation is 1. The summed E-state index contributed by atoms with van der Waals surface area (Å²) in [7, 11) is 0. The average Bonchev–Trinajstić information content (AvgIpc) is 2.30. The van der Waals surface area contributed by atoms with Crippen molar-refractivity contribution in [2.45, 2.75) is 20.8 Å². The van der Waals surface area contributed by atoms with Gasteiger partial charge in [-0.2, -0.15) is 0 Å². The molecule has 0 saturated carbocycles. The number of rotatable bonds is 2. The second kappa shape index (κ2) is 5.10. The molecule has 2 aromatic rings. The topological polar surface area (TPSA) is 24.9 Å². The zero-order valence-electron chi connectivity index (χ0n) is 10.1. The van der Waals surface area contributed by atoms with Crippen LogP contribution in [0.5, 0.6) is 0 Å². The maximum Gasteiger partial charge on any atom is 0.0878 e. The summed E-state index contributed by atoms with van der Waals surface area (Å²) >= 11 is 5.95. The van der Waals surface area contributed by atoms with Crippen LogP contribution in [0.3, 0.4) is 0 Å². The monoisotopic (exact) mass is 404 g/mol. The molecular formula is C13H14BrIN2. The highest BCUT2D eigenvalue weighted by atomic mass is 127. The van der Waals surface area contributed by atoms with Gasteiger partial charge < -0.3 is 5.32 Å². The molecule has 0 bridgehead atoms. The maximum atomic E-state index is 4.69. The molecule has 4 heteroatoms. The second-order valence-electron chi connectivity index (χ2n) is 3.98. The molecule has 2 nitrogen and oxygen atoms in total. The molecule has 0 aliphatic rings. The summed E-state index contributed by atoms with van der Waals surface area (Å²) in [6.45, 7) is 7.21. The van der Waals surface area contributed by atoms with Crippen molar-refractivity contribution >= 4 is 55.1 Å². The van der Waals surface area contributed by atoms with Gasteiger partial charge in [-0.25, -0.2) is 0 Å². The fourth-order valence-electron chi connectivity index (χ4n) is 1.91. The van der Waals surface area contributed by atoms with E-state index < -0.39 is 0 Å². The number of hydrogen-bond donors (Lipinski definition) is 1. The van der Waals surface area contributed by atoms with E-state index in [0.29, 0.717) is 0 Å². The molecule has 90 valence electrons. The summed E-state index contributed by atoms with van der Waals surface area (Å²) in [6.07, 6.45) is 0. The van der Waals surface area contributed by atoms with Crippen molar-refractivity contribution in [3.63, 3.8) is 0 Å². The SMILES string of the molecule is CCNc1c(C)c(C)nc2c(Br)ccc(I)c12. The molecular weight excluding hydrogens is 391 g/mol. The van der Waals surface area contributed by atoms with Gasteiger partial charge in [-0.15, -0.1) is 0 Å². The number of nitrogens with zero attached hydrogens (tertiary/aromatic N) is 1. The van der Waals surface area contributed by atoms with E-state index >= 15 is 0 Å². The summed E-state index contributed by atoms with van der Waals surface area (Å²) in [5.74, 6) is 0. The lowest BCUT2D eigenvalue weighted by molar-refractivity contribution is 1.15. The molecule has 0 radical (unpaired) electrons. The minimum Gasteiger partial charge on any atom is -0.384 e. The van der Waals surface area contributed by atoms with Crippen LogP contribution in [0.15, 0.2) is 16.6 Å². The van der Waals surface area contributed by atoms with Crippen molar-refractivity contribution in [3.8, 4) is 0 Å². The standard InChI is InChI=1S/C13H14BrIN2/c1-4-16-12-7(2)8(3)17-13-9(14)5-6-10(15)11(12)13/h5-6H,4H2,1-3H3,(H,16,17). The first-order chi connectivity index (χ1) is 8.06. The van der Waals surface area contributed by atoms with Crippen LogP contribution < -0.4 is 5.32 Å². The predicted molar refractivity (Wildman–Crippen MR) is 85.8 cm³/mol. The van der Waals surface area contributed by atoms with Gasteiger partial charge in [0.25, 0.3) is 0 Å². The summed E-state index contributed by atoms with van der Waals surface area (Å²) in [5.41, 5.74) is 4.56. The number of halogens is 2. The lowest BCUT2D eigenvalue weighted by Crippen LogP contribution is -2.04. The van der Waals surface area contributed by atoms with E-state index in [2.05, 4.69) is 81.7 Å². The Balaban J connectivity index is 2.92. The first-order valence-electron chi connectivity index (χ1n) is 5.55. The van der Waals surface area contributed by atoms with Crippen LogP contribution in [0.4, 0.5) is 5.69 Å². The van der Waals surface area contributed by atoms with E-state index in [-0.39, 0.29) is 0 Å². The normalized spacial score (nSPS) is 10.9. The summed E-state index contributed by atoms with van der Waals surface area (Å²) in [6, 6.07) is 4.17. The van der Waals surface area contributed by atoms with Crippen LogP contribution >= 0.6 is 38.5 Å². The van der Waals surface area contributed by atoms with Crippen LogP contribution in [0, 0.1) is 17.4 Å². The molecule has 0 amide bonds. The van der Waals surface area contributed by atoms with Crippen LogP contribution in [0.2, 0.25) is 0 Å². The van der Waals surface area contributed by atoms with E-state index in [1.165, 1.54) is 20.2 Å². The summed E-state index contributed by atoms with van der Waals surface area (Å²) in [4.78, 5) is 4.69. The third-order valence-electron chi connectivity index (χ3n) is 2.88. The van der Waals surface area contributed by atoms with Crippen molar-refractivity contribution in [2.24, 2.45) is 0 Å². The largest absolute Gasteiger partial charge is 0.384 e. The van der Waals surface area contributed by atoms with Gasteiger partial charge in [-0.3, -0.25) is 4.98 Å². The Morgan fingerprint density at radius 2 is 2.06 bits per heavy atom. The van der Waals surface area contributed by atoms with Crippen molar-refractivity contribution in [1.82, 2.24) is 4.98 Å². The Bertz CT molecular complexity index is 581. The van der Waals surface area contributed by atoms with E-state index in [4.69, 9.17) is 0 Å². The first-order valence-corrected chi connectivity index (χ1v) is 7.42. The van der Waals surface area contributed by atoms with E-state index in [9.17, 15) is 0 Å². The molecule has 2 rings (SSSR count). The Hall–Kier alpha value is -0.360. The zero-order valence-corrected chi connectivity index (χ0v) is 13.8. The number of benzene rings is 1. The molecule has 1 N–H and O–H groups in total. The predicted octanol–water partition coefficient (Wildman–Crippen LogP) is 4.65. The molecule has 0 fully saturated rings. The smallest absolute Gasteiger partial charge is 0.0878 e. The molecule has 1 aromatic carbocycles. The molecule has 0 saturated heterocycles. The van der Waals surface area contributed by atoms with E-state index in [1.807, 2.05) is 0 Å². The Morgan fingerprint density at radius 3 is 2.71 bits per heavy atom. The molecule has 1 aromatic heterocycles. The van der Waals surface area contributed by atoms with Gasteiger partial charge >= 0.3 is 0 Å². The fourth-order valence-corrected chi connectivity index (χ4v) is 3.03. The molecule has 0 spiro atoms. The van der Waals surface area contributed by atoms with Crippen molar-refractivity contribution < 1.29 is 0 Å². The first kappa shape index (κ1) is 13.1. The van der Waals surface area contributed by atoms with Crippen molar-refractivity contribution in [1.29, 1.82) is 0 Å². The Morgan fingerprint density at radius 1 is 1.35 bits per heavy atom. The van der Waals surface area contributed by atoms with Gasteiger partial charge in [0.15, 0.2) is 0 Å². The van der Waals surface area contributed by atoms with Gasteiger partial charge in [0.2, 0.25) is 0 Å². The minimum absolute atomic E-state index is 0.919. The zero-order chi connectivity index (χ0) is 12.6. The highest BCUT2D eigenvalue weighted by molar-refractivity contribution is 14.1. The average molecular weight is 405 g/mol. The number of fused-ring (bicyclic) bond motifs is 1. The summed E-state index contributed by atoms with van der Waals surface area (Å²) in [5, 5.41) is 4.67. The summed E-state index contributed by atoms with van der Waals surface area (Å²) < 4.78 is 2.28. The van der Waals surface area contributed by atoms with Gasteiger partial charge in [0, 0.05) is 31.4 Å². The van der Waals surface area contributed by atoms with Crippen molar-refractivity contribution in [2.75, 3.05) is 11.9 Å². The van der Waals surface area contributed by atoms with E-state index in [0.717, 1.165) is 22.2 Å². The van der Waals surface area contributed by atoms with Crippen LogP contribution in [-0.4, -0.2) is 11.5 Å². The van der Waals surface area contributed by atoms with Crippen molar-refractivity contribution in [3.05, 3.63) is 31.4 Å². The Kier molecular flexibility index (Phi) is 3.92. The molecule has 0 aliphatic carbocycles. The number of pyridine rings is 1. The Labute approximate surface area is 123 Å². The third-order valence-corrected chi connectivity index (χ3v) is 4.42. The van der Waals surface area contributed by atoms with Gasteiger partial charge in [0.1, 0.15) is 0 Å². The molecule has 1 heterocycles. The maximum absolute atomic E-state index is 4.69. The van der Waals surface area contributed by atoms with Gasteiger partial charge in [0.05, 0.1) is 5.52 Å². The second-order valence-corrected chi connectivity index (χ2v) is 6.00. The lowest BCUT2D eigenvalue weighted by Gasteiger charge is -2.15. The molecule has 0 aliphatic heterocycles. The highest BCUT2D eigenvalue weighted by Gasteiger charge is 2.13. The van der Waals surface area contributed by atoms with Gasteiger partial charge in [-0.05, 0) is 77.0 Å². The van der Waals surface area contributed by atoms with Gasteiger partial charge in [-0.1, -0.05) is 0 Å². The minimum atomic E-state index is 0.919. The molecule has 0 unspecified atom stereocenters. The highest BCUT2D eigenvalue weighted by Crippen LogP contribution is 2.35. The third kappa shape index (κ3) is 2.29. The quantitative estimate of drug-likeness (QED) is 0.737. The number of hydrogen-bond acceptors (Lipinski definition) is 2. The number of nitrogens with one attached hydrogen (secondary N) is 1. The van der Waals surface area contributed by atoms with Crippen LogP contribution in [0.1, 0.15) is 18.2 Å².